The van der Waals surface area contributed by atoms with E-state index in [1.807, 2.05) is 0 Å². The summed E-state index contributed by atoms with van der Waals surface area (Å²) in [5.41, 5.74) is 3.06. The molecule has 112 valence electrons. The molecule has 20 heavy (non-hydrogen) atoms. The van der Waals surface area contributed by atoms with Gasteiger partial charge in [-0.15, -0.1) is 0 Å². The molecule has 2 rings (SSSR count). The van der Waals surface area contributed by atoms with Crippen LogP contribution in [0.4, 0.5) is 0 Å². The van der Waals surface area contributed by atoms with E-state index in [9.17, 15) is 0 Å². The minimum absolute atomic E-state index is 0.242. The number of hydrogen-bond donors (Lipinski definition) is 1. The van der Waals surface area contributed by atoms with Crippen molar-refractivity contribution < 1.29 is 0 Å². The SMILES string of the molecule is CC(N[C@@H](C)C1CCCC1)c1ccc(C(C)(C)C)cc1. The van der Waals surface area contributed by atoms with Gasteiger partial charge in [0.1, 0.15) is 0 Å². The average Bonchev–Trinajstić information content (AvgIpc) is 2.91. The van der Waals surface area contributed by atoms with E-state index in [2.05, 4.69) is 64.2 Å². The summed E-state index contributed by atoms with van der Waals surface area (Å²) in [7, 11) is 0. The Kier molecular flexibility index (Phi) is 4.90. The van der Waals surface area contributed by atoms with Crippen LogP contribution in [0.1, 0.15) is 77.5 Å². The lowest BCUT2D eigenvalue weighted by molar-refractivity contribution is 0.352. The summed E-state index contributed by atoms with van der Waals surface area (Å²) in [6.45, 7) is 11.5. The van der Waals surface area contributed by atoms with Crippen molar-refractivity contribution in [3.8, 4) is 0 Å². The number of rotatable bonds is 4. The lowest BCUT2D eigenvalue weighted by Crippen LogP contribution is -2.34. The van der Waals surface area contributed by atoms with Crippen LogP contribution in [-0.4, -0.2) is 6.04 Å². The Hall–Kier alpha value is -0.820. The van der Waals surface area contributed by atoms with E-state index in [1.165, 1.54) is 36.8 Å². The average molecular weight is 273 g/mol. The molecule has 0 amide bonds. The Bertz CT molecular complexity index is 406. The van der Waals surface area contributed by atoms with Gasteiger partial charge >= 0.3 is 0 Å². The third-order valence-electron chi connectivity index (χ3n) is 4.90. The zero-order valence-corrected chi connectivity index (χ0v) is 13.9. The quantitative estimate of drug-likeness (QED) is 0.793. The summed E-state index contributed by atoms with van der Waals surface area (Å²) < 4.78 is 0. The van der Waals surface area contributed by atoms with E-state index in [0.717, 1.165) is 5.92 Å². The molecule has 0 spiro atoms. The number of nitrogens with one attached hydrogen (secondary N) is 1. The Balaban J connectivity index is 1.96. The zero-order valence-electron chi connectivity index (χ0n) is 13.9. The van der Waals surface area contributed by atoms with Gasteiger partial charge in [-0.25, -0.2) is 0 Å². The number of benzene rings is 1. The molecule has 1 aliphatic rings. The van der Waals surface area contributed by atoms with Gasteiger partial charge in [0.15, 0.2) is 0 Å². The van der Waals surface area contributed by atoms with Gasteiger partial charge < -0.3 is 5.32 Å². The van der Waals surface area contributed by atoms with Gasteiger partial charge in [0.25, 0.3) is 0 Å². The van der Waals surface area contributed by atoms with Crippen LogP contribution in [0.5, 0.6) is 0 Å². The van der Waals surface area contributed by atoms with Crippen molar-refractivity contribution in [2.45, 2.75) is 77.8 Å². The van der Waals surface area contributed by atoms with Crippen molar-refractivity contribution in [3.63, 3.8) is 0 Å². The van der Waals surface area contributed by atoms with Crippen molar-refractivity contribution in [2.75, 3.05) is 0 Å². The van der Waals surface area contributed by atoms with Gasteiger partial charge in [-0.1, -0.05) is 57.9 Å². The van der Waals surface area contributed by atoms with Gasteiger partial charge in [0.2, 0.25) is 0 Å². The minimum Gasteiger partial charge on any atom is -0.307 e. The summed E-state index contributed by atoms with van der Waals surface area (Å²) in [6.07, 6.45) is 5.66. The molecular weight excluding hydrogens is 242 g/mol. The Morgan fingerprint density at radius 1 is 1.00 bits per heavy atom. The maximum Gasteiger partial charge on any atom is 0.0294 e. The van der Waals surface area contributed by atoms with E-state index in [1.54, 1.807) is 0 Å². The molecule has 1 unspecified atom stereocenters. The van der Waals surface area contributed by atoms with Crippen LogP contribution in [0.3, 0.4) is 0 Å². The summed E-state index contributed by atoms with van der Waals surface area (Å²) in [6, 6.07) is 10.2. The summed E-state index contributed by atoms with van der Waals surface area (Å²) >= 11 is 0. The molecule has 1 aromatic rings. The monoisotopic (exact) mass is 273 g/mol. The molecule has 1 aromatic carbocycles. The standard InChI is InChI=1S/C19H31N/c1-14(16-8-6-7-9-16)20-15(2)17-10-12-18(13-11-17)19(3,4)5/h10-16,20H,6-9H2,1-5H3/t14-,15?/m0/s1. The fourth-order valence-corrected chi connectivity index (χ4v) is 3.36. The maximum absolute atomic E-state index is 3.80. The van der Waals surface area contributed by atoms with Crippen molar-refractivity contribution in [1.29, 1.82) is 0 Å². The van der Waals surface area contributed by atoms with Crippen LogP contribution in [0.25, 0.3) is 0 Å². The Morgan fingerprint density at radius 2 is 1.55 bits per heavy atom. The predicted molar refractivity (Wildman–Crippen MR) is 88.1 cm³/mol. The molecule has 1 nitrogen and oxygen atoms in total. The highest BCUT2D eigenvalue weighted by Gasteiger charge is 2.23. The highest BCUT2D eigenvalue weighted by Crippen LogP contribution is 2.29. The topological polar surface area (TPSA) is 12.0 Å². The van der Waals surface area contributed by atoms with Crippen LogP contribution < -0.4 is 5.32 Å². The van der Waals surface area contributed by atoms with Crippen molar-refractivity contribution in [3.05, 3.63) is 35.4 Å². The smallest absolute Gasteiger partial charge is 0.0294 e. The van der Waals surface area contributed by atoms with Crippen molar-refractivity contribution >= 4 is 0 Å². The predicted octanol–water partition coefficient (Wildman–Crippen LogP) is 5.21. The van der Waals surface area contributed by atoms with E-state index < -0.39 is 0 Å². The first-order valence-corrected chi connectivity index (χ1v) is 8.24. The molecule has 1 saturated carbocycles. The second kappa shape index (κ2) is 6.30. The summed E-state index contributed by atoms with van der Waals surface area (Å²) in [5, 5.41) is 3.80. The van der Waals surface area contributed by atoms with Crippen molar-refractivity contribution in [2.24, 2.45) is 5.92 Å². The van der Waals surface area contributed by atoms with Crippen molar-refractivity contribution in [1.82, 2.24) is 5.32 Å². The van der Waals surface area contributed by atoms with E-state index in [0.29, 0.717) is 12.1 Å². The molecule has 0 saturated heterocycles. The van der Waals surface area contributed by atoms with Gasteiger partial charge in [-0.2, -0.15) is 0 Å². The van der Waals surface area contributed by atoms with Crippen LogP contribution in [-0.2, 0) is 5.41 Å². The second-order valence-electron chi connectivity index (χ2n) is 7.59. The molecule has 0 radical (unpaired) electrons. The van der Waals surface area contributed by atoms with E-state index >= 15 is 0 Å². The summed E-state index contributed by atoms with van der Waals surface area (Å²) in [5.74, 6) is 0.881. The lowest BCUT2D eigenvalue weighted by atomic mass is 9.86. The first-order chi connectivity index (χ1) is 9.38. The van der Waals surface area contributed by atoms with E-state index in [4.69, 9.17) is 0 Å². The molecule has 0 heterocycles. The third kappa shape index (κ3) is 3.85. The van der Waals surface area contributed by atoms with Crippen LogP contribution in [0.15, 0.2) is 24.3 Å². The van der Waals surface area contributed by atoms with Gasteiger partial charge in [-0.3, -0.25) is 0 Å². The maximum atomic E-state index is 3.80. The second-order valence-corrected chi connectivity index (χ2v) is 7.59. The number of hydrogen-bond acceptors (Lipinski definition) is 1. The van der Waals surface area contributed by atoms with Crippen LogP contribution in [0.2, 0.25) is 0 Å². The minimum atomic E-state index is 0.242. The zero-order chi connectivity index (χ0) is 14.8. The van der Waals surface area contributed by atoms with Crippen LogP contribution >= 0.6 is 0 Å². The molecule has 2 atom stereocenters. The Labute approximate surface area is 125 Å². The normalized spacial score (nSPS) is 20.1. The highest BCUT2D eigenvalue weighted by molar-refractivity contribution is 5.29. The molecular formula is C19H31N. The lowest BCUT2D eigenvalue weighted by Gasteiger charge is -2.26. The third-order valence-corrected chi connectivity index (χ3v) is 4.90. The largest absolute Gasteiger partial charge is 0.307 e. The van der Waals surface area contributed by atoms with E-state index in [-0.39, 0.29) is 5.41 Å². The molecule has 1 aliphatic carbocycles. The molecule has 1 N–H and O–H groups in total. The summed E-state index contributed by atoms with van der Waals surface area (Å²) in [4.78, 5) is 0. The van der Waals surface area contributed by atoms with Gasteiger partial charge in [0, 0.05) is 12.1 Å². The Morgan fingerprint density at radius 3 is 2.05 bits per heavy atom. The first-order valence-electron chi connectivity index (χ1n) is 8.24. The fraction of sp³-hybridized carbons (Fsp3) is 0.684. The first kappa shape index (κ1) is 15.6. The molecule has 0 aromatic heterocycles. The van der Waals surface area contributed by atoms with Gasteiger partial charge in [0.05, 0.1) is 0 Å². The molecule has 0 bridgehead atoms. The van der Waals surface area contributed by atoms with Gasteiger partial charge in [-0.05, 0) is 49.1 Å². The molecule has 1 fully saturated rings. The molecule has 1 heteroatoms. The highest BCUT2D eigenvalue weighted by atomic mass is 14.9. The molecule has 0 aliphatic heterocycles. The fourth-order valence-electron chi connectivity index (χ4n) is 3.36. The van der Waals surface area contributed by atoms with Crippen LogP contribution in [0, 0.1) is 5.92 Å².